The highest BCUT2D eigenvalue weighted by atomic mass is 32.1. The van der Waals surface area contributed by atoms with Crippen molar-refractivity contribution in [2.45, 2.75) is 6.04 Å². The van der Waals surface area contributed by atoms with Gasteiger partial charge in [-0.1, -0.05) is 0 Å². The molecule has 0 saturated heterocycles. The van der Waals surface area contributed by atoms with Crippen LogP contribution in [-0.4, -0.2) is 40.3 Å². The first-order valence-electron chi connectivity index (χ1n) is 3.25. The van der Waals surface area contributed by atoms with Gasteiger partial charge in [-0.3, -0.25) is 9.59 Å². The predicted molar refractivity (Wildman–Crippen MR) is 47.0 cm³/mol. The molecule has 0 fully saturated rings. The standard InChI is InChI=1S/C5H9N3O4S/c6-3(2-13)5(11)8(7-12)1-4(9)10/h3,13H,1-2,6H2,(H,9,10). The zero-order valence-electron chi connectivity index (χ0n) is 6.58. The van der Waals surface area contributed by atoms with E-state index >= 15 is 0 Å². The molecule has 13 heavy (non-hydrogen) atoms. The molecule has 0 aromatic heterocycles. The summed E-state index contributed by atoms with van der Waals surface area (Å²) in [7, 11) is 0. The normalized spacial score (nSPS) is 11.8. The lowest BCUT2D eigenvalue weighted by Gasteiger charge is -2.14. The molecule has 0 aromatic carbocycles. The molecule has 0 radical (unpaired) electrons. The lowest BCUT2D eigenvalue weighted by atomic mass is 10.3. The minimum atomic E-state index is -1.33. The van der Waals surface area contributed by atoms with E-state index in [-0.39, 0.29) is 10.8 Å². The van der Waals surface area contributed by atoms with Crippen LogP contribution >= 0.6 is 12.6 Å². The molecule has 0 spiro atoms. The highest BCUT2D eigenvalue weighted by Crippen LogP contribution is 1.95. The Morgan fingerprint density at radius 1 is 1.62 bits per heavy atom. The molecule has 0 aliphatic heterocycles. The Bertz CT molecular complexity index is 222. The van der Waals surface area contributed by atoms with Crippen LogP contribution in [0, 0.1) is 4.91 Å². The number of nitrogens with zero attached hydrogens (tertiary/aromatic N) is 2. The second-order valence-corrected chi connectivity index (χ2v) is 2.53. The van der Waals surface area contributed by atoms with E-state index in [2.05, 4.69) is 17.9 Å². The van der Waals surface area contributed by atoms with Gasteiger partial charge in [-0.2, -0.15) is 17.6 Å². The summed E-state index contributed by atoms with van der Waals surface area (Å²) in [5, 5.41) is 10.8. The number of hydrogen-bond acceptors (Lipinski definition) is 6. The molecule has 74 valence electrons. The smallest absolute Gasteiger partial charge is 0.325 e. The van der Waals surface area contributed by atoms with Crippen LogP contribution in [0.4, 0.5) is 0 Å². The number of aliphatic carboxylic acids is 1. The van der Waals surface area contributed by atoms with Crippen molar-refractivity contribution in [3.63, 3.8) is 0 Å². The molecule has 0 bridgehead atoms. The quantitative estimate of drug-likeness (QED) is 0.299. The van der Waals surface area contributed by atoms with Crippen LogP contribution in [-0.2, 0) is 9.59 Å². The first-order valence-corrected chi connectivity index (χ1v) is 3.89. The number of carboxylic acids is 1. The molecule has 8 heteroatoms. The number of rotatable bonds is 5. The molecule has 0 saturated carbocycles. The molecule has 1 unspecified atom stereocenters. The zero-order valence-corrected chi connectivity index (χ0v) is 7.48. The molecule has 1 amide bonds. The second-order valence-electron chi connectivity index (χ2n) is 2.16. The van der Waals surface area contributed by atoms with E-state index in [9.17, 15) is 14.5 Å². The maximum Gasteiger partial charge on any atom is 0.325 e. The molecular formula is C5H9N3O4S. The van der Waals surface area contributed by atoms with Crippen molar-refractivity contribution in [2.75, 3.05) is 12.3 Å². The fourth-order valence-corrected chi connectivity index (χ4v) is 0.701. The van der Waals surface area contributed by atoms with E-state index in [0.717, 1.165) is 0 Å². The topological polar surface area (TPSA) is 113 Å². The zero-order chi connectivity index (χ0) is 10.4. The van der Waals surface area contributed by atoms with Gasteiger partial charge in [0.05, 0.1) is 11.3 Å². The molecule has 3 N–H and O–H groups in total. The van der Waals surface area contributed by atoms with Crippen molar-refractivity contribution in [1.82, 2.24) is 5.01 Å². The van der Waals surface area contributed by atoms with E-state index in [4.69, 9.17) is 10.8 Å². The number of thiol groups is 1. The third kappa shape index (κ3) is 3.85. The number of nitrogens with two attached hydrogens (primary N) is 1. The van der Waals surface area contributed by atoms with Crippen molar-refractivity contribution < 1.29 is 14.7 Å². The van der Waals surface area contributed by atoms with Gasteiger partial charge in [-0.15, -0.1) is 4.91 Å². The molecule has 0 aliphatic rings. The van der Waals surface area contributed by atoms with Crippen LogP contribution in [0.25, 0.3) is 0 Å². The van der Waals surface area contributed by atoms with Gasteiger partial charge in [0.2, 0.25) is 0 Å². The van der Waals surface area contributed by atoms with E-state index < -0.39 is 24.5 Å². The monoisotopic (exact) mass is 207 g/mol. The molecule has 0 aromatic rings. The van der Waals surface area contributed by atoms with Crippen molar-refractivity contribution in [2.24, 2.45) is 11.0 Å². The Hall–Kier alpha value is -1.15. The number of hydrogen-bond donors (Lipinski definition) is 3. The number of amides is 1. The van der Waals surface area contributed by atoms with Crippen LogP contribution in [0.15, 0.2) is 5.29 Å². The Kier molecular flexibility index (Phi) is 5.00. The van der Waals surface area contributed by atoms with Crippen LogP contribution in [0.3, 0.4) is 0 Å². The fourth-order valence-electron chi connectivity index (χ4n) is 0.545. The Morgan fingerprint density at radius 3 is 2.46 bits per heavy atom. The molecule has 0 heterocycles. The summed E-state index contributed by atoms with van der Waals surface area (Å²) in [4.78, 5) is 31.2. The summed E-state index contributed by atoms with van der Waals surface area (Å²) in [6.07, 6.45) is 0. The minimum Gasteiger partial charge on any atom is -0.480 e. The summed E-state index contributed by atoms with van der Waals surface area (Å²) < 4.78 is 0. The van der Waals surface area contributed by atoms with Crippen LogP contribution in [0.5, 0.6) is 0 Å². The molecule has 0 aliphatic carbocycles. The molecule has 1 atom stereocenters. The van der Waals surface area contributed by atoms with Gasteiger partial charge in [0.1, 0.15) is 6.54 Å². The van der Waals surface area contributed by atoms with Crippen molar-refractivity contribution >= 4 is 24.5 Å². The Morgan fingerprint density at radius 2 is 2.15 bits per heavy atom. The third-order valence-electron chi connectivity index (χ3n) is 1.15. The van der Waals surface area contributed by atoms with Gasteiger partial charge < -0.3 is 10.8 Å². The highest BCUT2D eigenvalue weighted by Gasteiger charge is 2.22. The summed E-state index contributed by atoms with van der Waals surface area (Å²) in [6, 6.07) is -1.01. The number of carboxylic acid groups (broad SMARTS) is 1. The van der Waals surface area contributed by atoms with Crippen LogP contribution in [0.1, 0.15) is 0 Å². The van der Waals surface area contributed by atoms with E-state index in [0.29, 0.717) is 0 Å². The van der Waals surface area contributed by atoms with E-state index in [1.807, 2.05) is 0 Å². The van der Waals surface area contributed by atoms with E-state index in [1.54, 1.807) is 0 Å². The molecule has 0 rings (SSSR count). The lowest BCUT2D eigenvalue weighted by Crippen LogP contribution is -2.44. The summed E-state index contributed by atoms with van der Waals surface area (Å²) in [5.74, 6) is -2.17. The maximum atomic E-state index is 11.0. The fraction of sp³-hybridized carbons (Fsp3) is 0.600. The first-order chi connectivity index (χ1) is 6.02. The summed E-state index contributed by atoms with van der Waals surface area (Å²) in [6.45, 7) is -0.788. The van der Waals surface area contributed by atoms with Crippen molar-refractivity contribution in [3.05, 3.63) is 4.91 Å². The van der Waals surface area contributed by atoms with Crippen LogP contribution < -0.4 is 5.73 Å². The third-order valence-corrected chi connectivity index (χ3v) is 1.55. The minimum absolute atomic E-state index is 0.0183. The SMILES string of the molecule is NC(CS)C(=O)N(CC(=O)O)N=O. The number of nitroso groups, excluding NO2 is 1. The number of carbonyl (C=O) groups is 2. The Labute approximate surface area is 79.2 Å². The van der Waals surface area contributed by atoms with E-state index in [1.165, 1.54) is 0 Å². The van der Waals surface area contributed by atoms with Gasteiger partial charge in [0, 0.05) is 5.75 Å². The first kappa shape index (κ1) is 11.8. The van der Waals surface area contributed by atoms with Crippen LogP contribution in [0.2, 0.25) is 0 Å². The van der Waals surface area contributed by atoms with Gasteiger partial charge in [-0.25, -0.2) is 0 Å². The van der Waals surface area contributed by atoms with Gasteiger partial charge in [-0.05, 0) is 0 Å². The second kappa shape index (κ2) is 5.49. The van der Waals surface area contributed by atoms with Gasteiger partial charge >= 0.3 is 5.97 Å². The largest absolute Gasteiger partial charge is 0.480 e. The van der Waals surface area contributed by atoms with Crippen molar-refractivity contribution in [1.29, 1.82) is 0 Å². The predicted octanol–water partition coefficient (Wildman–Crippen LogP) is -1.16. The number of carbonyl (C=O) groups excluding carboxylic acids is 1. The van der Waals surface area contributed by atoms with Crippen molar-refractivity contribution in [3.8, 4) is 0 Å². The average molecular weight is 207 g/mol. The summed E-state index contributed by atoms with van der Waals surface area (Å²) in [5.41, 5.74) is 5.21. The van der Waals surface area contributed by atoms with Gasteiger partial charge in [0.15, 0.2) is 0 Å². The lowest BCUT2D eigenvalue weighted by molar-refractivity contribution is -0.144. The Balaban J connectivity index is 4.31. The molecule has 7 nitrogen and oxygen atoms in total. The summed E-state index contributed by atoms with van der Waals surface area (Å²) >= 11 is 3.72. The highest BCUT2D eigenvalue weighted by molar-refractivity contribution is 7.80. The van der Waals surface area contributed by atoms with Gasteiger partial charge in [0.25, 0.3) is 5.91 Å². The molecular weight excluding hydrogens is 198 g/mol. The average Bonchev–Trinajstić information content (AvgIpc) is 2.11. The maximum absolute atomic E-state index is 11.0.